The molecule has 2 aliphatic heterocycles. The largest absolute Gasteiger partial charge is 0.371 e. The van der Waals surface area contributed by atoms with Crippen molar-refractivity contribution in [3.05, 3.63) is 29.8 Å². The first-order valence-corrected chi connectivity index (χ1v) is 13.7. The van der Waals surface area contributed by atoms with Crippen LogP contribution in [0.25, 0.3) is 0 Å². The van der Waals surface area contributed by atoms with E-state index < -0.39 is 21.9 Å². The Morgan fingerprint density at radius 3 is 2.47 bits per heavy atom. The maximum atomic E-state index is 14.6. The number of nitrogens with one attached hydrogen (secondary N) is 1. The molecule has 1 aromatic heterocycles. The summed E-state index contributed by atoms with van der Waals surface area (Å²) in [5.41, 5.74) is 0.130. The smallest absolute Gasteiger partial charge is 0.245 e. The Balaban J connectivity index is 1.35. The third-order valence-electron chi connectivity index (χ3n) is 6.41. The van der Waals surface area contributed by atoms with Crippen LogP contribution in [0.3, 0.4) is 0 Å². The van der Waals surface area contributed by atoms with Crippen molar-refractivity contribution in [2.75, 3.05) is 43.9 Å². The first-order valence-electron chi connectivity index (χ1n) is 11.5. The van der Waals surface area contributed by atoms with Crippen LogP contribution in [-0.2, 0) is 14.8 Å². The first-order chi connectivity index (χ1) is 16.1. The summed E-state index contributed by atoms with van der Waals surface area (Å²) in [5.74, 6) is 0.430. The van der Waals surface area contributed by atoms with Crippen molar-refractivity contribution in [3.63, 3.8) is 0 Å². The molecule has 0 spiro atoms. The van der Waals surface area contributed by atoms with Crippen LogP contribution < -0.4 is 10.2 Å². The standard InChI is InChI=1S/C22H31FN6O3S2/c1-14(2)20-25-22(33-26-20)28-10-7-15(8-11-28)29-12-9-19(21(29)30)24-18-6-5-16(13-17(18)23)34(31,32)27(3)4/h5-6,13-15,19,24H,7-12H2,1-4H3/t19-/m1/s1. The van der Waals surface area contributed by atoms with Crippen LogP contribution in [0, 0.1) is 5.82 Å². The molecule has 2 aromatic rings. The number of carbonyl (C=O) groups excluding carboxylic acids is 1. The second kappa shape index (κ2) is 9.74. The zero-order valence-electron chi connectivity index (χ0n) is 19.9. The zero-order valence-corrected chi connectivity index (χ0v) is 21.5. The van der Waals surface area contributed by atoms with E-state index in [4.69, 9.17) is 0 Å². The molecule has 0 bridgehead atoms. The summed E-state index contributed by atoms with van der Waals surface area (Å²) >= 11 is 1.42. The molecule has 0 aliphatic carbocycles. The maximum Gasteiger partial charge on any atom is 0.245 e. The number of likely N-dealkylation sites (tertiary alicyclic amines) is 1. The Morgan fingerprint density at radius 2 is 1.88 bits per heavy atom. The van der Waals surface area contributed by atoms with Crippen molar-refractivity contribution in [1.82, 2.24) is 18.6 Å². The number of anilines is 2. The second-order valence-corrected chi connectivity index (χ2v) is 12.1. The number of rotatable bonds is 7. The molecular formula is C22H31FN6O3S2. The molecule has 1 amide bonds. The van der Waals surface area contributed by atoms with E-state index >= 15 is 0 Å². The summed E-state index contributed by atoms with van der Waals surface area (Å²) in [5, 5.41) is 3.92. The van der Waals surface area contributed by atoms with Gasteiger partial charge in [0.15, 0.2) is 0 Å². The van der Waals surface area contributed by atoms with Crippen molar-refractivity contribution in [2.24, 2.45) is 0 Å². The summed E-state index contributed by atoms with van der Waals surface area (Å²) < 4.78 is 44.6. The second-order valence-electron chi connectivity index (χ2n) is 9.25. The number of aromatic nitrogens is 2. The van der Waals surface area contributed by atoms with Crippen molar-refractivity contribution in [3.8, 4) is 0 Å². The summed E-state index contributed by atoms with van der Waals surface area (Å²) in [6, 6.07) is 3.34. The number of halogens is 1. The van der Waals surface area contributed by atoms with Gasteiger partial charge in [-0.3, -0.25) is 4.79 Å². The molecule has 2 aliphatic rings. The van der Waals surface area contributed by atoms with Gasteiger partial charge >= 0.3 is 0 Å². The summed E-state index contributed by atoms with van der Waals surface area (Å²) in [7, 11) is -0.936. The third kappa shape index (κ3) is 4.89. The minimum absolute atomic E-state index is 0.0409. The first kappa shape index (κ1) is 24.8. The van der Waals surface area contributed by atoms with Crippen LogP contribution in [0.15, 0.2) is 23.1 Å². The van der Waals surface area contributed by atoms with Crippen LogP contribution in [0.4, 0.5) is 15.2 Å². The van der Waals surface area contributed by atoms with Gasteiger partial charge in [0.05, 0.1) is 10.6 Å². The van der Waals surface area contributed by atoms with Crippen molar-refractivity contribution >= 4 is 38.3 Å². The fourth-order valence-corrected chi connectivity index (χ4v) is 6.10. The van der Waals surface area contributed by atoms with Gasteiger partial charge in [0.25, 0.3) is 0 Å². The molecular weight excluding hydrogens is 479 g/mol. The van der Waals surface area contributed by atoms with Crippen LogP contribution in [-0.4, -0.2) is 78.7 Å². The van der Waals surface area contributed by atoms with E-state index in [2.05, 4.69) is 33.4 Å². The molecule has 186 valence electrons. The van der Waals surface area contributed by atoms with Gasteiger partial charge in [0.1, 0.15) is 17.7 Å². The molecule has 1 N–H and O–H groups in total. The van der Waals surface area contributed by atoms with E-state index in [0.29, 0.717) is 18.9 Å². The predicted molar refractivity (Wildman–Crippen MR) is 130 cm³/mol. The normalized spacial score (nSPS) is 20.1. The number of hydrogen-bond acceptors (Lipinski definition) is 8. The minimum Gasteiger partial charge on any atom is -0.371 e. The van der Waals surface area contributed by atoms with Crippen molar-refractivity contribution < 1.29 is 17.6 Å². The number of nitrogens with zero attached hydrogens (tertiary/aromatic N) is 5. The van der Waals surface area contributed by atoms with E-state index in [-0.39, 0.29) is 22.5 Å². The molecule has 12 heteroatoms. The van der Waals surface area contributed by atoms with Crippen LogP contribution >= 0.6 is 11.5 Å². The number of benzene rings is 1. The monoisotopic (exact) mass is 510 g/mol. The van der Waals surface area contributed by atoms with Crippen LogP contribution in [0.1, 0.15) is 44.9 Å². The lowest BCUT2D eigenvalue weighted by atomic mass is 10.0. The molecule has 0 saturated carbocycles. The molecule has 9 nitrogen and oxygen atoms in total. The van der Waals surface area contributed by atoms with Gasteiger partial charge in [-0.05, 0) is 37.5 Å². The SMILES string of the molecule is CC(C)c1nsc(N2CCC(N3CC[C@@H](Nc4ccc(S(=O)(=O)N(C)C)cc4F)C3=O)CC2)n1. The van der Waals surface area contributed by atoms with E-state index in [1.807, 2.05) is 4.90 Å². The molecule has 0 unspecified atom stereocenters. The Kier molecular flexibility index (Phi) is 7.11. The molecule has 3 heterocycles. The van der Waals surface area contributed by atoms with Gasteiger partial charge in [0, 0.05) is 57.2 Å². The summed E-state index contributed by atoms with van der Waals surface area (Å²) in [4.78, 5) is 21.7. The molecule has 1 atom stereocenters. The van der Waals surface area contributed by atoms with E-state index in [0.717, 1.165) is 47.3 Å². The Hall–Kier alpha value is -2.31. The molecule has 34 heavy (non-hydrogen) atoms. The van der Waals surface area contributed by atoms with Gasteiger partial charge in [-0.1, -0.05) is 13.8 Å². The lowest BCUT2D eigenvalue weighted by Crippen LogP contribution is -2.47. The zero-order chi connectivity index (χ0) is 24.6. The molecule has 2 fully saturated rings. The highest BCUT2D eigenvalue weighted by molar-refractivity contribution is 7.89. The lowest BCUT2D eigenvalue weighted by Gasteiger charge is -2.36. The van der Waals surface area contributed by atoms with Gasteiger partial charge in [-0.25, -0.2) is 22.1 Å². The molecule has 0 radical (unpaired) electrons. The number of hydrogen-bond donors (Lipinski definition) is 1. The maximum absolute atomic E-state index is 14.6. The fourth-order valence-electron chi connectivity index (χ4n) is 4.33. The molecule has 4 rings (SSSR count). The van der Waals surface area contributed by atoms with Gasteiger partial charge in [-0.15, -0.1) is 0 Å². The van der Waals surface area contributed by atoms with Crippen LogP contribution in [0.5, 0.6) is 0 Å². The number of carbonyl (C=O) groups is 1. The number of amides is 1. The van der Waals surface area contributed by atoms with Crippen molar-refractivity contribution in [1.29, 1.82) is 0 Å². The number of piperidine rings is 1. The quantitative estimate of drug-likeness (QED) is 0.612. The van der Waals surface area contributed by atoms with E-state index in [1.165, 1.54) is 37.8 Å². The Labute approximate surface area is 204 Å². The molecule has 1 aromatic carbocycles. The lowest BCUT2D eigenvalue weighted by molar-refractivity contribution is -0.130. The summed E-state index contributed by atoms with van der Waals surface area (Å²) in [6.07, 6.45) is 2.27. The fraction of sp³-hybridized carbons (Fsp3) is 0.591. The Morgan fingerprint density at radius 1 is 1.18 bits per heavy atom. The third-order valence-corrected chi connectivity index (χ3v) is 9.01. The average Bonchev–Trinajstić information content (AvgIpc) is 3.43. The van der Waals surface area contributed by atoms with Gasteiger partial charge in [0.2, 0.25) is 21.1 Å². The molecule has 2 saturated heterocycles. The highest BCUT2D eigenvalue weighted by atomic mass is 32.2. The van der Waals surface area contributed by atoms with Crippen molar-refractivity contribution in [2.45, 2.75) is 56.0 Å². The highest BCUT2D eigenvalue weighted by Gasteiger charge is 2.38. The summed E-state index contributed by atoms with van der Waals surface area (Å²) in [6.45, 7) is 6.40. The van der Waals surface area contributed by atoms with E-state index in [9.17, 15) is 17.6 Å². The van der Waals surface area contributed by atoms with E-state index in [1.54, 1.807) is 0 Å². The topological polar surface area (TPSA) is 98.7 Å². The van der Waals surface area contributed by atoms with Crippen LogP contribution in [0.2, 0.25) is 0 Å². The van der Waals surface area contributed by atoms with Gasteiger partial charge in [-0.2, -0.15) is 4.37 Å². The van der Waals surface area contributed by atoms with Gasteiger partial charge < -0.3 is 15.1 Å². The predicted octanol–water partition coefficient (Wildman–Crippen LogP) is 2.73. The highest BCUT2D eigenvalue weighted by Crippen LogP contribution is 2.29. The minimum atomic E-state index is -3.73. The number of sulfonamides is 1. The average molecular weight is 511 g/mol. The Bertz CT molecular complexity index is 1150.